The van der Waals surface area contributed by atoms with Gasteiger partial charge >= 0.3 is 0 Å². The Hall–Kier alpha value is 0.440. The molecule has 0 aromatic carbocycles. The molecule has 1 aliphatic rings. The van der Waals surface area contributed by atoms with Crippen LogP contribution in [0.4, 0.5) is 0 Å². The van der Waals surface area contributed by atoms with Gasteiger partial charge in [-0.25, -0.2) is 0 Å². The normalized spacial score (nSPS) is 32.1. The minimum atomic E-state index is 0.700. The number of hydrogen-bond acceptors (Lipinski definition) is 1. The highest BCUT2D eigenvalue weighted by molar-refractivity contribution is 9.09. The van der Waals surface area contributed by atoms with Crippen molar-refractivity contribution in [1.82, 2.24) is 4.90 Å². The lowest BCUT2D eigenvalue weighted by molar-refractivity contribution is 0.139. The Bertz CT molecular complexity index is 170. The van der Waals surface area contributed by atoms with Crippen LogP contribution >= 0.6 is 15.9 Å². The summed E-state index contributed by atoms with van der Waals surface area (Å²) in [7, 11) is 0. The van der Waals surface area contributed by atoms with Crippen LogP contribution in [0.3, 0.4) is 0 Å². The zero-order chi connectivity index (χ0) is 10.7. The second-order valence-electron chi connectivity index (χ2n) is 5.26. The monoisotopic (exact) mass is 261 g/mol. The van der Waals surface area contributed by atoms with E-state index in [2.05, 4.69) is 48.5 Å². The van der Waals surface area contributed by atoms with Gasteiger partial charge in [0.1, 0.15) is 0 Å². The van der Waals surface area contributed by atoms with Crippen molar-refractivity contribution in [2.24, 2.45) is 11.8 Å². The van der Waals surface area contributed by atoms with Gasteiger partial charge in [-0.3, -0.25) is 4.90 Å². The molecule has 3 unspecified atom stereocenters. The van der Waals surface area contributed by atoms with Crippen molar-refractivity contribution in [3.05, 3.63) is 0 Å². The predicted molar refractivity (Wildman–Crippen MR) is 67.0 cm³/mol. The van der Waals surface area contributed by atoms with Crippen LogP contribution in [0, 0.1) is 11.8 Å². The van der Waals surface area contributed by atoms with Crippen LogP contribution in [0.15, 0.2) is 0 Å². The Kier molecular flexibility index (Phi) is 4.92. The summed E-state index contributed by atoms with van der Waals surface area (Å²) in [4.78, 5) is 3.34. The Balaban J connectivity index is 2.38. The molecule has 1 heterocycles. The lowest BCUT2D eigenvalue weighted by Crippen LogP contribution is -2.45. The van der Waals surface area contributed by atoms with E-state index in [-0.39, 0.29) is 0 Å². The summed E-state index contributed by atoms with van der Waals surface area (Å²) in [6.07, 6.45) is 2.67. The van der Waals surface area contributed by atoms with Crippen molar-refractivity contribution >= 4 is 15.9 Å². The third kappa shape index (κ3) is 3.54. The molecule has 2 heteroatoms. The number of alkyl halides is 1. The Morgan fingerprint density at radius 1 is 1.36 bits per heavy atom. The maximum absolute atomic E-state index is 3.79. The van der Waals surface area contributed by atoms with Crippen LogP contribution in [0.2, 0.25) is 0 Å². The molecule has 1 fully saturated rings. The number of nitrogens with zero attached hydrogens (tertiary/aromatic N) is 1. The largest absolute Gasteiger partial charge is 0.300 e. The summed E-state index contributed by atoms with van der Waals surface area (Å²) in [6.45, 7) is 11.9. The van der Waals surface area contributed by atoms with Gasteiger partial charge in [0.05, 0.1) is 0 Å². The molecule has 1 saturated heterocycles. The molecule has 0 aliphatic carbocycles. The smallest absolute Gasteiger partial charge is 0.0299 e. The number of likely N-dealkylation sites (tertiary alicyclic amines) is 1. The highest BCUT2D eigenvalue weighted by Gasteiger charge is 2.26. The van der Waals surface area contributed by atoms with Crippen LogP contribution in [-0.2, 0) is 0 Å². The first-order valence-electron chi connectivity index (χ1n) is 5.88. The van der Waals surface area contributed by atoms with Crippen molar-refractivity contribution < 1.29 is 0 Å². The summed E-state index contributed by atoms with van der Waals surface area (Å²) in [5, 5.41) is 0. The summed E-state index contributed by atoms with van der Waals surface area (Å²) in [6, 6.07) is 0.752. The lowest BCUT2D eigenvalue weighted by Gasteiger charge is -2.38. The molecule has 0 aromatic heterocycles. The van der Waals surface area contributed by atoms with Crippen molar-refractivity contribution in [2.75, 3.05) is 13.1 Å². The van der Waals surface area contributed by atoms with Gasteiger partial charge in [0.15, 0.2) is 0 Å². The van der Waals surface area contributed by atoms with Gasteiger partial charge in [-0.2, -0.15) is 0 Å². The van der Waals surface area contributed by atoms with Crippen LogP contribution in [0.1, 0.15) is 40.5 Å². The molecule has 0 saturated carbocycles. The first-order chi connectivity index (χ1) is 6.50. The average Bonchev–Trinajstić information content (AvgIpc) is 2.08. The van der Waals surface area contributed by atoms with Crippen LogP contribution < -0.4 is 0 Å². The SMILES string of the molecule is CC(C)CC(C)N1CCC(C)C(Br)C1. The molecule has 0 amide bonds. The fraction of sp³-hybridized carbons (Fsp3) is 1.00. The zero-order valence-electron chi connectivity index (χ0n) is 9.96. The molecule has 0 radical (unpaired) electrons. The molecule has 1 nitrogen and oxygen atoms in total. The minimum Gasteiger partial charge on any atom is -0.300 e. The first-order valence-corrected chi connectivity index (χ1v) is 6.80. The molecule has 84 valence electrons. The fourth-order valence-corrected chi connectivity index (χ4v) is 2.91. The number of hydrogen-bond donors (Lipinski definition) is 0. The van der Waals surface area contributed by atoms with Crippen LogP contribution in [-0.4, -0.2) is 28.9 Å². The van der Waals surface area contributed by atoms with Gasteiger partial charge in [0.2, 0.25) is 0 Å². The number of piperidine rings is 1. The molecule has 1 rings (SSSR count). The van der Waals surface area contributed by atoms with E-state index in [1.54, 1.807) is 0 Å². The molecule has 1 aliphatic heterocycles. The van der Waals surface area contributed by atoms with Crippen LogP contribution in [0.5, 0.6) is 0 Å². The second-order valence-corrected chi connectivity index (χ2v) is 6.43. The van der Waals surface area contributed by atoms with Crippen molar-refractivity contribution in [3.63, 3.8) is 0 Å². The van der Waals surface area contributed by atoms with E-state index >= 15 is 0 Å². The van der Waals surface area contributed by atoms with Gasteiger partial charge in [-0.1, -0.05) is 36.7 Å². The summed E-state index contributed by atoms with van der Waals surface area (Å²) in [5.41, 5.74) is 0. The molecular formula is C12H24BrN. The maximum atomic E-state index is 3.79. The standard InChI is InChI=1S/C12H24BrN/c1-9(2)7-11(4)14-6-5-10(3)12(13)8-14/h9-12H,5-8H2,1-4H3. The van der Waals surface area contributed by atoms with Gasteiger partial charge in [0, 0.05) is 17.4 Å². The number of rotatable bonds is 3. The minimum absolute atomic E-state index is 0.700. The van der Waals surface area contributed by atoms with Gasteiger partial charge in [0.25, 0.3) is 0 Å². The molecular weight excluding hydrogens is 238 g/mol. The van der Waals surface area contributed by atoms with Crippen LogP contribution in [0.25, 0.3) is 0 Å². The average molecular weight is 262 g/mol. The maximum Gasteiger partial charge on any atom is 0.0299 e. The quantitative estimate of drug-likeness (QED) is 0.703. The van der Waals surface area contributed by atoms with E-state index in [0.717, 1.165) is 17.9 Å². The Morgan fingerprint density at radius 2 is 2.00 bits per heavy atom. The molecule has 3 atom stereocenters. The second kappa shape index (κ2) is 5.50. The summed E-state index contributed by atoms with van der Waals surface area (Å²) in [5.74, 6) is 1.66. The van der Waals surface area contributed by atoms with Crippen molar-refractivity contribution in [1.29, 1.82) is 0 Å². The van der Waals surface area contributed by atoms with E-state index in [4.69, 9.17) is 0 Å². The van der Waals surface area contributed by atoms with E-state index in [1.807, 2.05) is 0 Å². The highest BCUT2D eigenvalue weighted by Crippen LogP contribution is 2.25. The summed E-state index contributed by atoms with van der Waals surface area (Å²) < 4.78 is 0. The molecule has 0 spiro atoms. The predicted octanol–water partition coefficient (Wildman–Crippen LogP) is 3.53. The highest BCUT2D eigenvalue weighted by atomic mass is 79.9. The Morgan fingerprint density at radius 3 is 2.50 bits per heavy atom. The lowest BCUT2D eigenvalue weighted by atomic mass is 9.96. The van der Waals surface area contributed by atoms with Gasteiger partial charge < -0.3 is 0 Å². The molecule has 0 aromatic rings. The van der Waals surface area contributed by atoms with E-state index in [0.29, 0.717) is 4.83 Å². The van der Waals surface area contributed by atoms with E-state index in [1.165, 1.54) is 25.9 Å². The van der Waals surface area contributed by atoms with E-state index in [9.17, 15) is 0 Å². The molecule has 0 bridgehead atoms. The summed E-state index contributed by atoms with van der Waals surface area (Å²) >= 11 is 3.79. The third-order valence-electron chi connectivity index (χ3n) is 3.33. The number of halogens is 1. The van der Waals surface area contributed by atoms with Gasteiger partial charge in [-0.05, 0) is 38.1 Å². The first kappa shape index (κ1) is 12.5. The van der Waals surface area contributed by atoms with Crippen molar-refractivity contribution in [2.45, 2.75) is 51.4 Å². The van der Waals surface area contributed by atoms with Gasteiger partial charge in [-0.15, -0.1) is 0 Å². The molecule has 14 heavy (non-hydrogen) atoms. The van der Waals surface area contributed by atoms with E-state index < -0.39 is 0 Å². The topological polar surface area (TPSA) is 3.24 Å². The molecule has 0 N–H and O–H groups in total. The van der Waals surface area contributed by atoms with Crippen molar-refractivity contribution in [3.8, 4) is 0 Å². The zero-order valence-corrected chi connectivity index (χ0v) is 11.5. The third-order valence-corrected chi connectivity index (χ3v) is 4.53. The Labute approximate surface area is 97.4 Å². The fourth-order valence-electron chi connectivity index (χ4n) is 2.28.